The molecule has 3 heteroatoms. The van der Waals surface area contributed by atoms with Crippen molar-refractivity contribution in [3.05, 3.63) is 23.8 Å². The highest BCUT2D eigenvalue weighted by Gasteiger charge is 2.29. The van der Waals surface area contributed by atoms with Gasteiger partial charge < -0.3 is 5.32 Å². The average molecular weight is 246 g/mol. The molecule has 1 aliphatic carbocycles. The van der Waals surface area contributed by atoms with E-state index in [4.69, 9.17) is 0 Å². The molecule has 1 aromatic heterocycles. The third-order valence-electron chi connectivity index (χ3n) is 3.66. The molecule has 3 rings (SSSR count). The molecule has 0 atom stereocenters. The SMILES string of the molecule is Cc1ccc2nc(NC3(C)CCCC3)sc2c1. The van der Waals surface area contributed by atoms with Crippen molar-refractivity contribution in [3.63, 3.8) is 0 Å². The van der Waals surface area contributed by atoms with E-state index in [1.807, 2.05) is 0 Å². The van der Waals surface area contributed by atoms with Gasteiger partial charge in [-0.15, -0.1) is 0 Å². The van der Waals surface area contributed by atoms with E-state index >= 15 is 0 Å². The average Bonchev–Trinajstić information content (AvgIpc) is 2.84. The zero-order valence-corrected chi connectivity index (χ0v) is 11.2. The number of nitrogens with one attached hydrogen (secondary N) is 1. The molecule has 1 N–H and O–H groups in total. The predicted molar refractivity (Wildman–Crippen MR) is 74.9 cm³/mol. The van der Waals surface area contributed by atoms with E-state index in [0.717, 1.165) is 10.6 Å². The first kappa shape index (κ1) is 11.0. The summed E-state index contributed by atoms with van der Waals surface area (Å²) in [7, 11) is 0. The first-order chi connectivity index (χ1) is 8.15. The molecule has 2 aromatic rings. The predicted octanol–water partition coefficient (Wildman–Crippen LogP) is 4.35. The molecule has 17 heavy (non-hydrogen) atoms. The summed E-state index contributed by atoms with van der Waals surface area (Å²) in [5.41, 5.74) is 2.69. The monoisotopic (exact) mass is 246 g/mol. The Balaban J connectivity index is 1.90. The third kappa shape index (κ3) is 2.16. The summed E-state index contributed by atoms with van der Waals surface area (Å²) in [5.74, 6) is 0. The Labute approximate surface area is 106 Å². The van der Waals surface area contributed by atoms with Gasteiger partial charge in [0.1, 0.15) is 0 Å². The molecule has 0 aliphatic heterocycles. The van der Waals surface area contributed by atoms with Crippen LogP contribution >= 0.6 is 11.3 Å². The van der Waals surface area contributed by atoms with Crippen LogP contribution < -0.4 is 5.32 Å². The number of hydrogen-bond acceptors (Lipinski definition) is 3. The van der Waals surface area contributed by atoms with Gasteiger partial charge in [-0.3, -0.25) is 0 Å². The molecule has 0 saturated heterocycles. The zero-order valence-electron chi connectivity index (χ0n) is 10.4. The summed E-state index contributed by atoms with van der Waals surface area (Å²) in [6, 6.07) is 6.46. The molecule has 1 heterocycles. The normalized spacial score (nSPS) is 18.7. The molecule has 1 aliphatic rings. The van der Waals surface area contributed by atoms with Gasteiger partial charge in [-0.1, -0.05) is 30.2 Å². The van der Waals surface area contributed by atoms with Crippen LogP contribution in [0.1, 0.15) is 38.2 Å². The Morgan fingerprint density at radius 1 is 1.29 bits per heavy atom. The molecule has 1 aromatic carbocycles. The molecule has 1 fully saturated rings. The van der Waals surface area contributed by atoms with Gasteiger partial charge in [0.15, 0.2) is 5.13 Å². The number of nitrogens with zero attached hydrogens (tertiary/aromatic N) is 1. The fourth-order valence-corrected chi connectivity index (χ4v) is 3.74. The quantitative estimate of drug-likeness (QED) is 0.852. The van der Waals surface area contributed by atoms with Crippen molar-refractivity contribution in [1.29, 1.82) is 0 Å². The summed E-state index contributed by atoms with van der Waals surface area (Å²) < 4.78 is 1.29. The number of hydrogen-bond donors (Lipinski definition) is 1. The van der Waals surface area contributed by atoms with E-state index in [0.29, 0.717) is 0 Å². The van der Waals surface area contributed by atoms with Crippen LogP contribution in [-0.2, 0) is 0 Å². The van der Waals surface area contributed by atoms with Gasteiger partial charge in [-0.05, 0) is 44.4 Å². The van der Waals surface area contributed by atoms with Gasteiger partial charge in [-0.25, -0.2) is 4.98 Å². The number of aryl methyl sites for hydroxylation is 1. The van der Waals surface area contributed by atoms with Crippen LogP contribution in [0.2, 0.25) is 0 Å². The van der Waals surface area contributed by atoms with E-state index in [1.165, 1.54) is 35.9 Å². The van der Waals surface area contributed by atoms with E-state index in [-0.39, 0.29) is 5.54 Å². The van der Waals surface area contributed by atoms with Crippen LogP contribution in [0.4, 0.5) is 5.13 Å². The van der Waals surface area contributed by atoms with Crippen molar-refractivity contribution in [2.45, 2.75) is 45.1 Å². The molecule has 1 saturated carbocycles. The Bertz CT molecular complexity index is 538. The molecule has 2 nitrogen and oxygen atoms in total. The minimum atomic E-state index is 0.267. The first-order valence-electron chi connectivity index (χ1n) is 6.30. The largest absolute Gasteiger partial charge is 0.356 e. The topological polar surface area (TPSA) is 24.9 Å². The Morgan fingerprint density at radius 3 is 2.82 bits per heavy atom. The molecule has 0 spiro atoms. The summed E-state index contributed by atoms with van der Waals surface area (Å²) in [4.78, 5) is 4.67. The highest BCUT2D eigenvalue weighted by atomic mass is 32.1. The molecular formula is C14H18N2S. The fourth-order valence-electron chi connectivity index (χ4n) is 2.62. The van der Waals surface area contributed by atoms with Gasteiger partial charge in [-0.2, -0.15) is 0 Å². The van der Waals surface area contributed by atoms with Crippen LogP contribution in [0.25, 0.3) is 10.2 Å². The molecule has 0 bridgehead atoms. The van der Waals surface area contributed by atoms with Crippen LogP contribution in [0.15, 0.2) is 18.2 Å². The molecular weight excluding hydrogens is 228 g/mol. The lowest BCUT2D eigenvalue weighted by Crippen LogP contribution is -2.30. The van der Waals surface area contributed by atoms with Crippen LogP contribution in [0.3, 0.4) is 0 Å². The highest BCUT2D eigenvalue weighted by Crippen LogP contribution is 2.35. The van der Waals surface area contributed by atoms with Crippen molar-refractivity contribution >= 4 is 26.7 Å². The number of benzene rings is 1. The molecule has 0 radical (unpaired) electrons. The lowest BCUT2D eigenvalue weighted by molar-refractivity contribution is 0.533. The van der Waals surface area contributed by atoms with Crippen LogP contribution in [0, 0.1) is 6.92 Å². The van der Waals surface area contributed by atoms with E-state index in [2.05, 4.69) is 42.3 Å². The van der Waals surface area contributed by atoms with Gasteiger partial charge >= 0.3 is 0 Å². The minimum absolute atomic E-state index is 0.267. The van der Waals surface area contributed by atoms with E-state index < -0.39 is 0 Å². The molecule has 0 unspecified atom stereocenters. The lowest BCUT2D eigenvalue weighted by atomic mass is 10.0. The number of anilines is 1. The van der Waals surface area contributed by atoms with Crippen molar-refractivity contribution in [1.82, 2.24) is 4.98 Å². The van der Waals surface area contributed by atoms with E-state index in [9.17, 15) is 0 Å². The smallest absolute Gasteiger partial charge is 0.184 e. The second-order valence-corrected chi connectivity index (χ2v) is 6.41. The summed E-state index contributed by atoms with van der Waals surface area (Å²) in [6.07, 6.45) is 5.21. The van der Waals surface area contributed by atoms with Crippen molar-refractivity contribution in [2.24, 2.45) is 0 Å². The number of fused-ring (bicyclic) bond motifs is 1. The maximum Gasteiger partial charge on any atom is 0.184 e. The number of thiazole rings is 1. The van der Waals surface area contributed by atoms with Gasteiger partial charge in [0, 0.05) is 5.54 Å². The second-order valence-electron chi connectivity index (χ2n) is 5.38. The lowest BCUT2D eigenvalue weighted by Gasteiger charge is -2.24. The Hall–Kier alpha value is -1.09. The third-order valence-corrected chi connectivity index (χ3v) is 4.59. The van der Waals surface area contributed by atoms with Crippen molar-refractivity contribution in [2.75, 3.05) is 5.32 Å². The minimum Gasteiger partial charge on any atom is -0.356 e. The van der Waals surface area contributed by atoms with Crippen molar-refractivity contribution in [3.8, 4) is 0 Å². The van der Waals surface area contributed by atoms with Crippen molar-refractivity contribution < 1.29 is 0 Å². The van der Waals surface area contributed by atoms with E-state index in [1.54, 1.807) is 11.3 Å². The second kappa shape index (κ2) is 3.98. The molecule has 0 amide bonds. The molecule has 90 valence electrons. The van der Waals surface area contributed by atoms with Crippen LogP contribution in [-0.4, -0.2) is 10.5 Å². The maximum atomic E-state index is 4.67. The summed E-state index contributed by atoms with van der Waals surface area (Å²) in [5, 5.41) is 4.71. The summed E-state index contributed by atoms with van der Waals surface area (Å²) >= 11 is 1.77. The fraction of sp³-hybridized carbons (Fsp3) is 0.500. The standard InChI is InChI=1S/C14H18N2S/c1-10-5-6-11-12(9-10)17-13(15-11)16-14(2)7-3-4-8-14/h5-6,9H,3-4,7-8H2,1-2H3,(H,15,16). The maximum absolute atomic E-state index is 4.67. The number of aromatic nitrogens is 1. The van der Waals surface area contributed by atoms with Gasteiger partial charge in [0.25, 0.3) is 0 Å². The Kier molecular flexibility index (Phi) is 2.58. The zero-order chi connectivity index (χ0) is 11.9. The highest BCUT2D eigenvalue weighted by molar-refractivity contribution is 7.22. The summed E-state index contributed by atoms with van der Waals surface area (Å²) in [6.45, 7) is 4.45. The van der Waals surface area contributed by atoms with Gasteiger partial charge in [0.05, 0.1) is 10.2 Å². The first-order valence-corrected chi connectivity index (χ1v) is 7.12. The van der Waals surface area contributed by atoms with Crippen LogP contribution in [0.5, 0.6) is 0 Å². The number of rotatable bonds is 2. The Morgan fingerprint density at radius 2 is 2.06 bits per heavy atom. The van der Waals surface area contributed by atoms with Gasteiger partial charge in [0.2, 0.25) is 0 Å².